The predicted molar refractivity (Wildman–Crippen MR) is 134 cm³/mol. The van der Waals surface area contributed by atoms with Gasteiger partial charge in [-0.15, -0.1) is 0 Å². The first-order chi connectivity index (χ1) is 15.9. The largest absolute Gasteiger partial charge is 0.293 e. The van der Waals surface area contributed by atoms with Crippen LogP contribution >= 0.6 is 0 Å². The van der Waals surface area contributed by atoms with Crippen LogP contribution in [0.15, 0.2) is 53.3 Å². The predicted octanol–water partition coefficient (Wildman–Crippen LogP) is 6.08. The topological polar surface area (TPSA) is 65.6 Å². The first-order valence-corrected chi connectivity index (χ1v) is 11.7. The van der Waals surface area contributed by atoms with E-state index in [1.807, 2.05) is 35.8 Å². The van der Waals surface area contributed by atoms with Gasteiger partial charge in [0, 0.05) is 11.7 Å². The molecule has 0 amide bonds. The van der Waals surface area contributed by atoms with Gasteiger partial charge in [0.2, 0.25) is 0 Å². The number of rotatable bonds is 5. The Bertz CT molecular complexity index is 1550. The van der Waals surface area contributed by atoms with Gasteiger partial charge in [-0.05, 0) is 62.4 Å². The number of aryl methyl sites for hydroxylation is 1. The molecular weight excluding hydrogens is 410 g/mol. The van der Waals surface area contributed by atoms with Crippen molar-refractivity contribution in [2.24, 2.45) is 0 Å². The molecule has 0 bridgehead atoms. The standard InChI is InChI=1S/C27H29N5O/c1-6-16(3)19-12-14-20(15-13-19)32-25-23(27(33)31(17(4)7-2)18(5)28-25)24-26(32)30-22-11-9-8-10-21(22)29-24/h8-17H,6-7H2,1-5H3/t16-,17+/m0/s1. The highest BCUT2D eigenvalue weighted by Crippen LogP contribution is 2.30. The van der Waals surface area contributed by atoms with Crippen LogP contribution in [0.5, 0.6) is 0 Å². The van der Waals surface area contributed by atoms with Gasteiger partial charge in [-0.2, -0.15) is 0 Å². The second-order valence-electron chi connectivity index (χ2n) is 8.91. The van der Waals surface area contributed by atoms with Gasteiger partial charge in [-0.3, -0.25) is 13.9 Å². The van der Waals surface area contributed by atoms with Crippen molar-refractivity contribution in [3.63, 3.8) is 0 Å². The molecule has 2 atom stereocenters. The van der Waals surface area contributed by atoms with Gasteiger partial charge in [0.25, 0.3) is 5.56 Å². The number of hydrogen-bond acceptors (Lipinski definition) is 4. The molecule has 0 spiro atoms. The molecule has 0 unspecified atom stereocenters. The second kappa shape index (κ2) is 8.10. The lowest BCUT2D eigenvalue weighted by Gasteiger charge is -2.16. The molecule has 0 radical (unpaired) electrons. The van der Waals surface area contributed by atoms with Gasteiger partial charge >= 0.3 is 0 Å². The van der Waals surface area contributed by atoms with Crippen LogP contribution in [0.1, 0.15) is 63.9 Å². The maximum Gasteiger partial charge on any atom is 0.265 e. The first-order valence-electron chi connectivity index (χ1n) is 11.7. The molecule has 3 aromatic heterocycles. The zero-order valence-corrected chi connectivity index (χ0v) is 19.8. The van der Waals surface area contributed by atoms with Crippen molar-refractivity contribution in [1.82, 2.24) is 24.1 Å². The van der Waals surface area contributed by atoms with Crippen molar-refractivity contribution in [3.05, 3.63) is 70.3 Å². The van der Waals surface area contributed by atoms with Crippen molar-refractivity contribution in [3.8, 4) is 5.69 Å². The number of nitrogens with zero attached hydrogens (tertiary/aromatic N) is 5. The Morgan fingerprint density at radius 1 is 0.848 bits per heavy atom. The van der Waals surface area contributed by atoms with Crippen molar-refractivity contribution in [1.29, 1.82) is 0 Å². The fraction of sp³-hybridized carbons (Fsp3) is 0.333. The van der Waals surface area contributed by atoms with E-state index in [1.54, 1.807) is 4.57 Å². The maximum absolute atomic E-state index is 13.8. The first kappa shape index (κ1) is 21.3. The lowest BCUT2D eigenvalue weighted by Crippen LogP contribution is -2.26. The molecule has 2 aromatic carbocycles. The average molecular weight is 440 g/mol. The zero-order chi connectivity index (χ0) is 23.3. The summed E-state index contributed by atoms with van der Waals surface area (Å²) in [5.41, 5.74) is 5.60. The molecule has 5 rings (SSSR count). The molecule has 0 N–H and O–H groups in total. The summed E-state index contributed by atoms with van der Waals surface area (Å²) in [5, 5.41) is 0.528. The van der Waals surface area contributed by atoms with E-state index in [9.17, 15) is 4.79 Å². The van der Waals surface area contributed by atoms with E-state index in [2.05, 4.69) is 52.0 Å². The fourth-order valence-corrected chi connectivity index (χ4v) is 4.54. The number of aromatic nitrogens is 5. The van der Waals surface area contributed by atoms with Crippen LogP contribution in [-0.2, 0) is 0 Å². The van der Waals surface area contributed by atoms with Gasteiger partial charge in [-0.25, -0.2) is 15.0 Å². The minimum atomic E-state index is -0.0589. The van der Waals surface area contributed by atoms with E-state index in [4.69, 9.17) is 15.0 Å². The summed E-state index contributed by atoms with van der Waals surface area (Å²) >= 11 is 0. The van der Waals surface area contributed by atoms with Crippen molar-refractivity contribution in [2.75, 3.05) is 0 Å². The van der Waals surface area contributed by atoms with E-state index in [-0.39, 0.29) is 11.6 Å². The molecule has 33 heavy (non-hydrogen) atoms. The third-order valence-electron chi connectivity index (χ3n) is 6.85. The van der Waals surface area contributed by atoms with Gasteiger partial charge in [0.15, 0.2) is 11.3 Å². The van der Waals surface area contributed by atoms with Crippen LogP contribution in [0.2, 0.25) is 0 Å². The van der Waals surface area contributed by atoms with E-state index in [1.165, 1.54) is 5.56 Å². The molecular formula is C27H29N5O. The summed E-state index contributed by atoms with van der Waals surface area (Å²) in [5.74, 6) is 1.19. The number of benzene rings is 2. The van der Waals surface area contributed by atoms with Crippen LogP contribution < -0.4 is 5.56 Å². The lowest BCUT2D eigenvalue weighted by molar-refractivity contribution is 0.497. The molecule has 6 heteroatoms. The molecule has 0 aliphatic heterocycles. The quantitative estimate of drug-likeness (QED) is 0.333. The molecule has 0 fully saturated rings. The smallest absolute Gasteiger partial charge is 0.265 e. The molecule has 0 aliphatic rings. The van der Waals surface area contributed by atoms with Crippen LogP contribution in [0.25, 0.3) is 38.9 Å². The van der Waals surface area contributed by atoms with Gasteiger partial charge in [0.05, 0.1) is 11.0 Å². The minimum Gasteiger partial charge on any atom is -0.293 e. The third kappa shape index (κ3) is 3.32. The Kier molecular flexibility index (Phi) is 5.23. The Hall–Kier alpha value is -3.54. The summed E-state index contributed by atoms with van der Waals surface area (Å²) in [6, 6.07) is 16.3. The number of fused-ring (bicyclic) bond motifs is 4. The van der Waals surface area contributed by atoms with Crippen molar-refractivity contribution in [2.45, 2.75) is 59.4 Å². The third-order valence-corrected chi connectivity index (χ3v) is 6.85. The Morgan fingerprint density at radius 3 is 2.15 bits per heavy atom. The SMILES string of the molecule is CC[C@@H](C)n1c(C)nc2c(c1=O)c1nc3ccccc3nc1n2-c1ccc([C@@H](C)CC)cc1. The van der Waals surface area contributed by atoms with Crippen LogP contribution in [0, 0.1) is 6.92 Å². The van der Waals surface area contributed by atoms with Crippen LogP contribution in [-0.4, -0.2) is 24.1 Å². The average Bonchev–Trinajstić information content (AvgIpc) is 3.14. The summed E-state index contributed by atoms with van der Waals surface area (Å²) < 4.78 is 3.77. The number of hydrogen-bond donors (Lipinski definition) is 0. The van der Waals surface area contributed by atoms with Crippen LogP contribution in [0.4, 0.5) is 0 Å². The Morgan fingerprint density at radius 2 is 1.52 bits per heavy atom. The molecule has 0 aliphatic carbocycles. The van der Waals surface area contributed by atoms with Crippen LogP contribution in [0.3, 0.4) is 0 Å². The highest BCUT2D eigenvalue weighted by atomic mass is 16.1. The fourth-order valence-electron chi connectivity index (χ4n) is 4.54. The highest BCUT2D eigenvalue weighted by molar-refractivity contribution is 6.05. The Balaban J connectivity index is 1.91. The van der Waals surface area contributed by atoms with E-state index in [0.717, 1.165) is 29.6 Å². The molecule has 0 saturated carbocycles. The Labute approximate surface area is 192 Å². The van der Waals surface area contributed by atoms with Gasteiger partial charge in [0.1, 0.15) is 16.7 Å². The molecule has 3 heterocycles. The summed E-state index contributed by atoms with van der Waals surface area (Å²) in [6.07, 6.45) is 1.93. The monoisotopic (exact) mass is 439 g/mol. The summed E-state index contributed by atoms with van der Waals surface area (Å²) in [7, 11) is 0. The van der Waals surface area contributed by atoms with E-state index < -0.39 is 0 Å². The van der Waals surface area contributed by atoms with Gasteiger partial charge < -0.3 is 0 Å². The summed E-state index contributed by atoms with van der Waals surface area (Å²) in [6.45, 7) is 10.5. The highest BCUT2D eigenvalue weighted by Gasteiger charge is 2.23. The zero-order valence-electron chi connectivity index (χ0n) is 19.8. The van der Waals surface area contributed by atoms with E-state index >= 15 is 0 Å². The van der Waals surface area contributed by atoms with Gasteiger partial charge in [-0.1, -0.05) is 45.0 Å². The van der Waals surface area contributed by atoms with Crippen molar-refractivity contribution < 1.29 is 0 Å². The number of para-hydroxylation sites is 2. The molecule has 168 valence electrons. The lowest BCUT2D eigenvalue weighted by atomic mass is 9.99. The molecule has 0 saturated heterocycles. The molecule has 5 aromatic rings. The normalized spacial score (nSPS) is 13.7. The van der Waals surface area contributed by atoms with Crippen molar-refractivity contribution >= 4 is 33.2 Å². The summed E-state index contributed by atoms with van der Waals surface area (Å²) in [4.78, 5) is 28.5. The molecule has 6 nitrogen and oxygen atoms in total. The maximum atomic E-state index is 13.8. The minimum absolute atomic E-state index is 0.0519. The van der Waals surface area contributed by atoms with E-state index in [0.29, 0.717) is 33.9 Å². The second-order valence-corrected chi connectivity index (χ2v) is 8.91.